The molecule has 2 fully saturated rings. The number of hydrogen-bond donors (Lipinski definition) is 0. The fourth-order valence-electron chi connectivity index (χ4n) is 3.52. The average Bonchev–Trinajstić information content (AvgIpc) is 2.48. The van der Waals surface area contributed by atoms with Crippen molar-refractivity contribution in [1.29, 1.82) is 0 Å². The van der Waals surface area contributed by atoms with E-state index in [0.29, 0.717) is 24.4 Å². The summed E-state index contributed by atoms with van der Waals surface area (Å²) < 4.78 is 16.0. The first-order valence-electron chi connectivity index (χ1n) is 7.55. The van der Waals surface area contributed by atoms with E-state index < -0.39 is 0 Å². The summed E-state index contributed by atoms with van der Waals surface area (Å²) in [7, 11) is 3.39. The van der Waals surface area contributed by atoms with Gasteiger partial charge in [0.1, 0.15) is 0 Å². The van der Waals surface area contributed by atoms with Crippen molar-refractivity contribution in [2.75, 3.05) is 53.7 Å². The fourth-order valence-corrected chi connectivity index (χ4v) is 3.52. The second-order valence-electron chi connectivity index (χ2n) is 5.96. The highest BCUT2D eigenvalue weighted by Gasteiger charge is 2.43. The summed E-state index contributed by atoms with van der Waals surface area (Å²) in [6, 6.07) is 0. The maximum absolute atomic E-state index is 12.0. The summed E-state index contributed by atoms with van der Waals surface area (Å²) in [6.07, 6.45) is 3.74. The second-order valence-corrected chi connectivity index (χ2v) is 5.96. The van der Waals surface area contributed by atoms with E-state index in [2.05, 4.69) is 0 Å². The molecule has 116 valence electrons. The van der Waals surface area contributed by atoms with Crippen molar-refractivity contribution in [1.82, 2.24) is 4.90 Å². The standard InChI is InChI=1S/C15H27NO4/c1-18-9-3-14(17)16-7-4-15(5-8-16)6-10-20-12-13(15)11-19-2/h13H,3-12H2,1-2H3/t13-/m1/s1. The molecule has 0 saturated carbocycles. The molecule has 0 bridgehead atoms. The van der Waals surface area contributed by atoms with Crippen molar-refractivity contribution in [3.63, 3.8) is 0 Å². The number of carbonyl (C=O) groups excluding carboxylic acids is 1. The normalized spacial score (nSPS) is 25.9. The Morgan fingerprint density at radius 1 is 1.25 bits per heavy atom. The van der Waals surface area contributed by atoms with Crippen LogP contribution in [0.1, 0.15) is 25.7 Å². The van der Waals surface area contributed by atoms with Crippen LogP contribution in [0.4, 0.5) is 0 Å². The van der Waals surface area contributed by atoms with Crippen molar-refractivity contribution >= 4 is 5.91 Å². The Morgan fingerprint density at radius 2 is 2.00 bits per heavy atom. The lowest BCUT2D eigenvalue weighted by Crippen LogP contribution is -2.50. The quantitative estimate of drug-likeness (QED) is 0.764. The van der Waals surface area contributed by atoms with Gasteiger partial charge in [-0.1, -0.05) is 0 Å². The van der Waals surface area contributed by atoms with E-state index in [1.165, 1.54) is 0 Å². The summed E-state index contributed by atoms with van der Waals surface area (Å²) in [5.74, 6) is 0.689. The van der Waals surface area contributed by atoms with E-state index in [1.807, 2.05) is 4.90 Å². The molecule has 0 aromatic carbocycles. The Labute approximate surface area is 121 Å². The first kappa shape index (κ1) is 15.7. The van der Waals surface area contributed by atoms with Gasteiger partial charge < -0.3 is 19.1 Å². The van der Waals surface area contributed by atoms with Gasteiger partial charge in [0.05, 0.1) is 26.2 Å². The monoisotopic (exact) mass is 285 g/mol. The maximum Gasteiger partial charge on any atom is 0.224 e. The Balaban J connectivity index is 1.89. The smallest absolute Gasteiger partial charge is 0.224 e. The van der Waals surface area contributed by atoms with E-state index in [9.17, 15) is 4.79 Å². The number of carbonyl (C=O) groups is 1. The highest BCUT2D eigenvalue weighted by atomic mass is 16.5. The molecule has 5 heteroatoms. The predicted molar refractivity (Wildman–Crippen MR) is 75.5 cm³/mol. The number of piperidine rings is 1. The van der Waals surface area contributed by atoms with Crippen molar-refractivity contribution < 1.29 is 19.0 Å². The number of methoxy groups -OCH3 is 2. The van der Waals surface area contributed by atoms with Gasteiger partial charge in [0, 0.05) is 39.8 Å². The van der Waals surface area contributed by atoms with Gasteiger partial charge in [0.25, 0.3) is 0 Å². The molecule has 1 atom stereocenters. The molecule has 5 nitrogen and oxygen atoms in total. The number of hydrogen-bond acceptors (Lipinski definition) is 4. The predicted octanol–water partition coefficient (Wildman–Crippen LogP) is 1.31. The van der Waals surface area contributed by atoms with Crippen LogP contribution in [0.2, 0.25) is 0 Å². The van der Waals surface area contributed by atoms with E-state index >= 15 is 0 Å². The lowest BCUT2D eigenvalue weighted by atomic mass is 9.66. The fraction of sp³-hybridized carbons (Fsp3) is 0.933. The molecule has 2 heterocycles. The number of likely N-dealkylation sites (tertiary alicyclic amines) is 1. The van der Waals surface area contributed by atoms with Crippen LogP contribution in [0.3, 0.4) is 0 Å². The topological polar surface area (TPSA) is 48.0 Å². The van der Waals surface area contributed by atoms with Crippen LogP contribution in [0, 0.1) is 11.3 Å². The zero-order chi connectivity index (χ0) is 14.4. The third-order valence-electron chi connectivity index (χ3n) is 4.93. The Hall–Kier alpha value is -0.650. The Morgan fingerprint density at radius 3 is 2.65 bits per heavy atom. The van der Waals surface area contributed by atoms with Crippen molar-refractivity contribution in [2.24, 2.45) is 11.3 Å². The summed E-state index contributed by atoms with van der Waals surface area (Å²) >= 11 is 0. The molecule has 1 amide bonds. The maximum atomic E-state index is 12.0. The van der Waals surface area contributed by atoms with Gasteiger partial charge in [-0.25, -0.2) is 0 Å². The third-order valence-corrected chi connectivity index (χ3v) is 4.93. The third kappa shape index (κ3) is 3.51. The lowest BCUT2D eigenvalue weighted by Gasteiger charge is -2.48. The zero-order valence-corrected chi connectivity index (χ0v) is 12.7. The molecule has 2 aliphatic heterocycles. The molecule has 0 aromatic rings. The highest BCUT2D eigenvalue weighted by molar-refractivity contribution is 5.76. The molecule has 0 aliphatic carbocycles. The van der Waals surface area contributed by atoms with Crippen LogP contribution in [-0.2, 0) is 19.0 Å². The molecule has 2 aliphatic rings. The SMILES string of the molecule is COCCC(=O)N1CCC2(CCOC[C@H]2COC)CC1. The molecule has 0 N–H and O–H groups in total. The number of ether oxygens (including phenoxy) is 3. The molecule has 1 spiro atoms. The van der Waals surface area contributed by atoms with E-state index in [4.69, 9.17) is 14.2 Å². The van der Waals surface area contributed by atoms with Gasteiger partial charge in [-0.15, -0.1) is 0 Å². The number of amides is 1. The highest BCUT2D eigenvalue weighted by Crippen LogP contribution is 2.44. The van der Waals surface area contributed by atoms with Gasteiger partial charge in [0.2, 0.25) is 5.91 Å². The van der Waals surface area contributed by atoms with Crippen LogP contribution in [-0.4, -0.2) is 64.5 Å². The first-order chi connectivity index (χ1) is 9.72. The largest absolute Gasteiger partial charge is 0.384 e. The molecule has 0 radical (unpaired) electrons. The molecule has 2 rings (SSSR count). The van der Waals surface area contributed by atoms with Gasteiger partial charge in [0.15, 0.2) is 0 Å². The second kappa shape index (κ2) is 7.38. The van der Waals surface area contributed by atoms with Crippen LogP contribution in [0.25, 0.3) is 0 Å². The van der Waals surface area contributed by atoms with E-state index in [-0.39, 0.29) is 5.91 Å². The lowest BCUT2D eigenvalue weighted by molar-refractivity contribution is -0.139. The van der Waals surface area contributed by atoms with Gasteiger partial charge in [-0.3, -0.25) is 4.79 Å². The van der Waals surface area contributed by atoms with Gasteiger partial charge >= 0.3 is 0 Å². The van der Waals surface area contributed by atoms with Gasteiger partial charge in [-0.2, -0.15) is 0 Å². The van der Waals surface area contributed by atoms with Crippen LogP contribution >= 0.6 is 0 Å². The Bertz CT molecular complexity index is 311. The van der Waals surface area contributed by atoms with Crippen LogP contribution in [0.5, 0.6) is 0 Å². The van der Waals surface area contributed by atoms with Crippen molar-refractivity contribution in [2.45, 2.75) is 25.7 Å². The summed E-state index contributed by atoms with van der Waals surface area (Å²) in [4.78, 5) is 14.0. The minimum atomic E-state index is 0.219. The van der Waals surface area contributed by atoms with E-state index in [0.717, 1.165) is 52.2 Å². The average molecular weight is 285 g/mol. The molecule has 2 saturated heterocycles. The van der Waals surface area contributed by atoms with E-state index in [1.54, 1.807) is 14.2 Å². The van der Waals surface area contributed by atoms with Crippen molar-refractivity contribution in [3.05, 3.63) is 0 Å². The number of rotatable bonds is 5. The summed E-state index contributed by atoms with van der Waals surface area (Å²) in [5, 5.41) is 0. The molecular formula is C15H27NO4. The number of nitrogens with zero attached hydrogens (tertiary/aromatic N) is 1. The Kier molecular flexibility index (Phi) is 5.81. The van der Waals surface area contributed by atoms with Gasteiger partial charge in [-0.05, 0) is 24.7 Å². The minimum absolute atomic E-state index is 0.219. The van der Waals surface area contributed by atoms with Crippen LogP contribution in [0.15, 0.2) is 0 Å². The summed E-state index contributed by atoms with van der Waals surface area (Å²) in [5.41, 5.74) is 0.312. The molecule has 0 unspecified atom stereocenters. The molecule has 20 heavy (non-hydrogen) atoms. The molecule has 0 aromatic heterocycles. The minimum Gasteiger partial charge on any atom is -0.384 e. The van der Waals surface area contributed by atoms with Crippen LogP contribution < -0.4 is 0 Å². The summed E-state index contributed by atoms with van der Waals surface area (Å²) in [6.45, 7) is 4.65. The van der Waals surface area contributed by atoms with Crippen molar-refractivity contribution in [3.8, 4) is 0 Å². The zero-order valence-electron chi connectivity index (χ0n) is 12.7. The molecular weight excluding hydrogens is 258 g/mol. The first-order valence-corrected chi connectivity index (χ1v) is 7.55.